The third kappa shape index (κ3) is 5.64. The number of nitrogens with zero attached hydrogens (tertiary/aromatic N) is 4. The molecule has 0 saturated heterocycles. The van der Waals surface area contributed by atoms with Crippen LogP contribution in [0.15, 0.2) is 72.9 Å². The highest BCUT2D eigenvalue weighted by atomic mass is 35.5. The molecule has 0 aliphatic carbocycles. The van der Waals surface area contributed by atoms with Crippen molar-refractivity contribution in [3.63, 3.8) is 0 Å². The monoisotopic (exact) mass is 471 g/mol. The normalized spacial score (nSPS) is 12.0. The van der Waals surface area contributed by atoms with E-state index in [1.807, 2.05) is 37.3 Å². The van der Waals surface area contributed by atoms with Gasteiger partial charge in [-0.25, -0.2) is 9.97 Å². The Morgan fingerprint density at radius 3 is 2.42 bits per heavy atom. The number of hydrogen-bond donors (Lipinski definition) is 1. The molecule has 2 aromatic carbocycles. The summed E-state index contributed by atoms with van der Waals surface area (Å²) in [5.74, 6) is 0.363. The zero-order chi connectivity index (χ0) is 22.7. The van der Waals surface area contributed by atoms with Crippen LogP contribution in [0.3, 0.4) is 0 Å². The van der Waals surface area contributed by atoms with Gasteiger partial charge in [0.2, 0.25) is 5.95 Å². The summed E-state index contributed by atoms with van der Waals surface area (Å²) in [6.07, 6.45) is -2.91. The van der Waals surface area contributed by atoms with E-state index in [4.69, 9.17) is 11.6 Å². The molecule has 0 bridgehead atoms. The second-order valence-electron chi connectivity index (χ2n) is 7.05. The second-order valence-corrected chi connectivity index (χ2v) is 7.44. The quantitative estimate of drug-likeness (QED) is 0.337. The fraction of sp³-hybridized carbons (Fsp3) is 0.167. The number of hydrogen-bond acceptors (Lipinski definition) is 5. The molecule has 1 N–H and O–H groups in total. The molecule has 33 heavy (non-hydrogen) atoms. The van der Waals surface area contributed by atoms with Crippen LogP contribution in [0.5, 0.6) is 0 Å². The zero-order valence-corrected chi connectivity index (χ0v) is 17.6. The third-order valence-corrected chi connectivity index (χ3v) is 4.99. The molecular formula is C24H21ClF3N5. The van der Waals surface area contributed by atoms with Crippen molar-refractivity contribution in [2.45, 2.75) is 26.6 Å². The van der Waals surface area contributed by atoms with Gasteiger partial charge in [0, 0.05) is 17.3 Å². The van der Waals surface area contributed by atoms with Gasteiger partial charge < -0.3 is 5.32 Å². The van der Waals surface area contributed by atoms with E-state index in [9.17, 15) is 13.2 Å². The molecule has 1 atom stereocenters. The molecule has 0 aliphatic rings. The Hall–Kier alpha value is -3.52. The fourth-order valence-electron chi connectivity index (χ4n) is 3.22. The zero-order valence-electron chi connectivity index (χ0n) is 16.8. The minimum atomic E-state index is -4.48. The van der Waals surface area contributed by atoms with E-state index < -0.39 is 11.7 Å². The number of benzene rings is 2. The van der Waals surface area contributed by atoms with Gasteiger partial charge in [-0.1, -0.05) is 61.5 Å². The summed E-state index contributed by atoms with van der Waals surface area (Å²) in [4.78, 5) is 8.80. The minimum absolute atomic E-state index is 0. The number of rotatable bonds is 5. The summed E-state index contributed by atoms with van der Waals surface area (Å²) in [5.41, 5.74) is 1.67. The summed E-state index contributed by atoms with van der Waals surface area (Å²) in [5, 5.41) is 11.2. The van der Waals surface area contributed by atoms with E-state index >= 15 is 0 Å². The van der Waals surface area contributed by atoms with E-state index in [1.54, 1.807) is 12.3 Å². The average molecular weight is 472 g/mol. The van der Waals surface area contributed by atoms with E-state index in [0.29, 0.717) is 17.2 Å². The summed E-state index contributed by atoms with van der Waals surface area (Å²) in [6.45, 7) is 1.98. The highest BCUT2D eigenvalue weighted by Crippen LogP contribution is 2.35. The van der Waals surface area contributed by atoms with Crippen LogP contribution in [0.4, 0.5) is 19.1 Å². The average Bonchev–Trinajstić information content (AvgIpc) is 2.79. The first-order valence-corrected chi connectivity index (χ1v) is 10.0. The van der Waals surface area contributed by atoms with Gasteiger partial charge in [0.15, 0.2) is 5.15 Å². The molecule has 4 aromatic rings. The highest BCUT2D eigenvalue weighted by molar-refractivity contribution is 6.29. The molecule has 2 aromatic heterocycles. The van der Waals surface area contributed by atoms with Crippen molar-refractivity contribution in [1.82, 2.24) is 20.2 Å². The topological polar surface area (TPSA) is 63.6 Å². The number of halogens is 4. The first kappa shape index (κ1) is 24.1. The van der Waals surface area contributed by atoms with Crippen molar-refractivity contribution >= 4 is 17.5 Å². The lowest BCUT2D eigenvalue weighted by Crippen LogP contribution is -2.09. The molecule has 0 fully saturated rings. The number of aromatic nitrogens is 4. The molecule has 0 unspecified atom stereocenters. The number of nitrogens with one attached hydrogen (secondary N) is 1. The van der Waals surface area contributed by atoms with Crippen LogP contribution >= 0.6 is 11.6 Å². The molecule has 0 spiro atoms. The van der Waals surface area contributed by atoms with Crippen LogP contribution < -0.4 is 5.32 Å². The van der Waals surface area contributed by atoms with Crippen molar-refractivity contribution in [1.29, 1.82) is 0 Å². The van der Waals surface area contributed by atoms with Crippen LogP contribution in [0, 0.1) is 0 Å². The Bertz CT molecular complexity index is 1230. The Morgan fingerprint density at radius 2 is 1.70 bits per heavy atom. The van der Waals surface area contributed by atoms with Crippen LogP contribution in [0.25, 0.3) is 22.5 Å². The molecule has 0 saturated carbocycles. The van der Waals surface area contributed by atoms with Crippen LogP contribution in [0.2, 0.25) is 5.15 Å². The minimum Gasteiger partial charge on any atom is -0.348 e. The molecule has 0 radical (unpaired) electrons. The predicted octanol–water partition coefficient (Wildman–Crippen LogP) is 7.08. The maximum Gasteiger partial charge on any atom is 0.416 e. The molecule has 170 valence electrons. The smallest absolute Gasteiger partial charge is 0.348 e. The van der Waals surface area contributed by atoms with Gasteiger partial charge in [0.25, 0.3) is 0 Å². The standard InChI is InChI=1S/C23H17ClF3N5.CH4/c1-14(15-6-3-2-4-7-15)29-22-28-11-10-19(30-22)18-13-20(24)31-32-21(18)16-8-5-9-17(12-16)23(25,26)27;/h2-14H,1H3,(H,28,29,30);1H4/t14-;/m0./s1. The van der Waals surface area contributed by atoms with Gasteiger partial charge >= 0.3 is 6.18 Å². The van der Waals surface area contributed by atoms with Crippen LogP contribution in [0.1, 0.15) is 31.5 Å². The fourth-order valence-corrected chi connectivity index (χ4v) is 3.36. The number of alkyl halides is 3. The number of anilines is 1. The van der Waals surface area contributed by atoms with Crippen LogP contribution in [-0.4, -0.2) is 20.2 Å². The van der Waals surface area contributed by atoms with Gasteiger partial charge in [-0.2, -0.15) is 13.2 Å². The predicted molar refractivity (Wildman–Crippen MR) is 124 cm³/mol. The van der Waals surface area contributed by atoms with Crippen molar-refractivity contribution in [3.05, 3.63) is 89.2 Å². The third-order valence-electron chi connectivity index (χ3n) is 4.80. The lowest BCUT2D eigenvalue weighted by Gasteiger charge is -2.15. The first-order valence-electron chi connectivity index (χ1n) is 9.67. The Morgan fingerprint density at radius 1 is 0.939 bits per heavy atom. The van der Waals surface area contributed by atoms with E-state index in [2.05, 4.69) is 25.5 Å². The molecule has 9 heteroatoms. The molecule has 5 nitrogen and oxygen atoms in total. The Labute approximate surface area is 194 Å². The molecule has 4 rings (SSSR count). The highest BCUT2D eigenvalue weighted by Gasteiger charge is 2.30. The second kappa shape index (κ2) is 9.95. The van der Waals surface area contributed by atoms with Crippen molar-refractivity contribution in [2.24, 2.45) is 0 Å². The van der Waals surface area contributed by atoms with Crippen molar-refractivity contribution in [2.75, 3.05) is 5.32 Å². The first-order chi connectivity index (χ1) is 15.3. The van der Waals surface area contributed by atoms with Crippen LogP contribution in [-0.2, 0) is 6.18 Å². The van der Waals surface area contributed by atoms with E-state index in [0.717, 1.165) is 17.7 Å². The van der Waals surface area contributed by atoms with E-state index in [1.165, 1.54) is 18.2 Å². The summed E-state index contributed by atoms with van der Waals surface area (Å²) >= 11 is 6.05. The SMILES string of the molecule is C.C[C@H](Nc1nccc(-c2cc(Cl)nnc2-c2cccc(C(F)(F)F)c2)n1)c1ccccc1. The van der Waals surface area contributed by atoms with Crippen molar-refractivity contribution < 1.29 is 13.2 Å². The summed E-state index contributed by atoms with van der Waals surface area (Å²) in [6, 6.07) is 17.8. The van der Waals surface area contributed by atoms with Crippen molar-refractivity contribution in [3.8, 4) is 22.5 Å². The molecule has 2 heterocycles. The Balaban J connectivity index is 0.00000306. The van der Waals surface area contributed by atoms with Gasteiger partial charge in [-0.3, -0.25) is 0 Å². The molecule has 0 aliphatic heterocycles. The summed E-state index contributed by atoms with van der Waals surface area (Å²) < 4.78 is 39.6. The van der Waals surface area contributed by atoms with Gasteiger partial charge in [0.05, 0.1) is 17.3 Å². The van der Waals surface area contributed by atoms with Gasteiger partial charge in [-0.15, -0.1) is 10.2 Å². The maximum absolute atomic E-state index is 13.2. The maximum atomic E-state index is 13.2. The van der Waals surface area contributed by atoms with E-state index in [-0.39, 0.29) is 29.9 Å². The summed E-state index contributed by atoms with van der Waals surface area (Å²) in [7, 11) is 0. The van der Waals surface area contributed by atoms with Gasteiger partial charge in [-0.05, 0) is 36.8 Å². The Kier molecular flexibility index (Phi) is 7.28. The molecular weight excluding hydrogens is 451 g/mol. The lowest BCUT2D eigenvalue weighted by atomic mass is 10.0. The largest absolute Gasteiger partial charge is 0.416 e. The molecule has 0 amide bonds. The van der Waals surface area contributed by atoms with Gasteiger partial charge in [0.1, 0.15) is 5.69 Å². The lowest BCUT2D eigenvalue weighted by molar-refractivity contribution is -0.137.